The van der Waals surface area contributed by atoms with Crippen LogP contribution in [0, 0.1) is 6.92 Å². The summed E-state index contributed by atoms with van der Waals surface area (Å²) in [5.74, 6) is 0.901. The van der Waals surface area contributed by atoms with Crippen LogP contribution in [-0.4, -0.2) is 11.5 Å². The molecule has 1 aromatic heterocycles. The van der Waals surface area contributed by atoms with Crippen molar-refractivity contribution < 1.29 is 4.74 Å². The third kappa shape index (κ3) is 4.33. The van der Waals surface area contributed by atoms with Crippen molar-refractivity contribution in [3.8, 4) is 5.75 Å². The van der Waals surface area contributed by atoms with Crippen molar-refractivity contribution in [3.05, 3.63) is 46.4 Å². The van der Waals surface area contributed by atoms with Crippen LogP contribution in [0.5, 0.6) is 5.75 Å². The standard InChI is InChI=1S/C15H20N2OS/c1-12-5-7-13(8-6-12)18-14(4-2-3-9-16)15-17-10-11-19-15/h5-8,10-11,14H,2-4,9,16H2,1H3. The topological polar surface area (TPSA) is 48.1 Å². The number of ether oxygens (including phenoxy) is 1. The summed E-state index contributed by atoms with van der Waals surface area (Å²) in [6.45, 7) is 2.80. The van der Waals surface area contributed by atoms with Gasteiger partial charge in [-0.1, -0.05) is 17.7 Å². The molecule has 0 fully saturated rings. The fourth-order valence-corrected chi connectivity index (χ4v) is 2.58. The maximum Gasteiger partial charge on any atom is 0.150 e. The van der Waals surface area contributed by atoms with Crippen LogP contribution in [0.25, 0.3) is 0 Å². The molecule has 1 aromatic carbocycles. The van der Waals surface area contributed by atoms with E-state index in [1.54, 1.807) is 11.3 Å². The average Bonchev–Trinajstić information content (AvgIpc) is 2.94. The molecule has 4 heteroatoms. The third-order valence-electron chi connectivity index (χ3n) is 2.95. The van der Waals surface area contributed by atoms with E-state index in [1.807, 2.05) is 23.7 Å². The number of thiazole rings is 1. The Labute approximate surface area is 118 Å². The first kappa shape index (κ1) is 14.0. The molecule has 0 radical (unpaired) electrons. The number of aryl methyl sites for hydroxylation is 1. The highest BCUT2D eigenvalue weighted by molar-refractivity contribution is 7.09. The highest BCUT2D eigenvalue weighted by Gasteiger charge is 2.15. The average molecular weight is 276 g/mol. The minimum absolute atomic E-state index is 0.0363. The summed E-state index contributed by atoms with van der Waals surface area (Å²) in [6, 6.07) is 8.15. The van der Waals surface area contributed by atoms with Crippen LogP contribution in [0.4, 0.5) is 0 Å². The Morgan fingerprint density at radius 2 is 2.05 bits per heavy atom. The van der Waals surface area contributed by atoms with Gasteiger partial charge in [-0.15, -0.1) is 11.3 Å². The lowest BCUT2D eigenvalue weighted by atomic mass is 10.1. The molecule has 102 valence electrons. The smallest absolute Gasteiger partial charge is 0.150 e. The van der Waals surface area contributed by atoms with Crippen LogP contribution >= 0.6 is 11.3 Å². The van der Waals surface area contributed by atoms with Crippen LogP contribution in [0.1, 0.15) is 35.9 Å². The van der Waals surface area contributed by atoms with E-state index >= 15 is 0 Å². The number of aromatic nitrogens is 1. The van der Waals surface area contributed by atoms with Gasteiger partial charge in [0.15, 0.2) is 0 Å². The Balaban J connectivity index is 2.02. The molecule has 0 spiro atoms. The minimum Gasteiger partial charge on any atom is -0.483 e. The molecule has 1 unspecified atom stereocenters. The van der Waals surface area contributed by atoms with Gasteiger partial charge in [-0.05, 0) is 44.9 Å². The second-order valence-corrected chi connectivity index (χ2v) is 5.50. The van der Waals surface area contributed by atoms with E-state index in [-0.39, 0.29) is 6.10 Å². The first-order valence-electron chi connectivity index (χ1n) is 6.62. The van der Waals surface area contributed by atoms with Crippen molar-refractivity contribution in [2.24, 2.45) is 5.73 Å². The van der Waals surface area contributed by atoms with Crippen molar-refractivity contribution in [1.29, 1.82) is 0 Å². The molecule has 2 aromatic rings. The molecule has 0 amide bonds. The fourth-order valence-electron chi connectivity index (χ4n) is 1.88. The Morgan fingerprint density at radius 1 is 1.26 bits per heavy atom. The van der Waals surface area contributed by atoms with Gasteiger partial charge in [0.05, 0.1) is 0 Å². The van der Waals surface area contributed by atoms with E-state index in [0.717, 1.165) is 36.6 Å². The van der Waals surface area contributed by atoms with Gasteiger partial charge < -0.3 is 10.5 Å². The molecule has 0 aliphatic rings. The van der Waals surface area contributed by atoms with Crippen LogP contribution in [0.2, 0.25) is 0 Å². The monoisotopic (exact) mass is 276 g/mol. The summed E-state index contributed by atoms with van der Waals surface area (Å²) >= 11 is 1.64. The number of nitrogens with zero attached hydrogens (tertiary/aromatic N) is 1. The molecule has 2 rings (SSSR count). The largest absolute Gasteiger partial charge is 0.483 e. The summed E-state index contributed by atoms with van der Waals surface area (Å²) in [5.41, 5.74) is 6.79. The van der Waals surface area contributed by atoms with Gasteiger partial charge in [0.25, 0.3) is 0 Å². The Kier molecular flexibility index (Phi) is 5.36. The lowest BCUT2D eigenvalue weighted by Gasteiger charge is -2.17. The zero-order valence-electron chi connectivity index (χ0n) is 11.2. The van der Waals surface area contributed by atoms with Gasteiger partial charge >= 0.3 is 0 Å². The summed E-state index contributed by atoms with van der Waals surface area (Å²) in [6.07, 6.45) is 4.91. The maximum absolute atomic E-state index is 6.07. The first-order chi connectivity index (χ1) is 9.29. The lowest BCUT2D eigenvalue weighted by Crippen LogP contribution is -2.08. The van der Waals surface area contributed by atoms with E-state index in [0.29, 0.717) is 0 Å². The summed E-state index contributed by atoms with van der Waals surface area (Å²) in [5, 5.41) is 3.03. The SMILES string of the molecule is Cc1ccc(OC(CCCCN)c2nccs2)cc1. The molecule has 19 heavy (non-hydrogen) atoms. The van der Waals surface area contributed by atoms with Crippen LogP contribution in [-0.2, 0) is 0 Å². The minimum atomic E-state index is 0.0363. The van der Waals surface area contributed by atoms with E-state index in [1.165, 1.54) is 5.56 Å². The maximum atomic E-state index is 6.07. The second kappa shape index (κ2) is 7.26. The van der Waals surface area contributed by atoms with Crippen LogP contribution < -0.4 is 10.5 Å². The van der Waals surface area contributed by atoms with E-state index in [4.69, 9.17) is 10.5 Å². The zero-order chi connectivity index (χ0) is 13.5. The van der Waals surface area contributed by atoms with E-state index in [2.05, 4.69) is 24.0 Å². The number of rotatable bonds is 7. The molecule has 0 aliphatic heterocycles. The molecule has 0 bridgehead atoms. The number of unbranched alkanes of at least 4 members (excludes halogenated alkanes) is 1. The molecule has 1 atom stereocenters. The van der Waals surface area contributed by atoms with Crippen LogP contribution in [0.15, 0.2) is 35.8 Å². The van der Waals surface area contributed by atoms with Crippen molar-refractivity contribution in [1.82, 2.24) is 4.98 Å². The van der Waals surface area contributed by atoms with E-state index < -0.39 is 0 Å². The summed E-state index contributed by atoms with van der Waals surface area (Å²) < 4.78 is 6.07. The van der Waals surface area contributed by atoms with E-state index in [9.17, 15) is 0 Å². The van der Waals surface area contributed by atoms with Crippen molar-refractivity contribution in [2.45, 2.75) is 32.3 Å². The zero-order valence-corrected chi connectivity index (χ0v) is 12.0. The normalized spacial score (nSPS) is 12.3. The Hall–Kier alpha value is -1.39. The van der Waals surface area contributed by atoms with Gasteiger partial charge in [0.1, 0.15) is 16.9 Å². The molecule has 0 saturated heterocycles. The van der Waals surface area contributed by atoms with Crippen molar-refractivity contribution >= 4 is 11.3 Å². The molecule has 3 nitrogen and oxygen atoms in total. The summed E-state index contributed by atoms with van der Waals surface area (Å²) in [7, 11) is 0. The van der Waals surface area contributed by atoms with Gasteiger partial charge in [-0.3, -0.25) is 0 Å². The second-order valence-electron chi connectivity index (χ2n) is 4.57. The van der Waals surface area contributed by atoms with Gasteiger partial charge in [-0.2, -0.15) is 0 Å². The number of hydrogen-bond acceptors (Lipinski definition) is 4. The predicted molar refractivity (Wildman–Crippen MR) is 79.6 cm³/mol. The molecule has 0 saturated carbocycles. The molecule has 0 aliphatic carbocycles. The quantitative estimate of drug-likeness (QED) is 0.784. The summed E-state index contributed by atoms with van der Waals surface area (Å²) in [4.78, 5) is 4.37. The molecule has 2 N–H and O–H groups in total. The van der Waals surface area contributed by atoms with Crippen molar-refractivity contribution in [2.75, 3.05) is 6.54 Å². The first-order valence-corrected chi connectivity index (χ1v) is 7.50. The lowest BCUT2D eigenvalue weighted by molar-refractivity contribution is 0.190. The van der Waals surface area contributed by atoms with Crippen LogP contribution in [0.3, 0.4) is 0 Å². The number of nitrogens with two attached hydrogens (primary N) is 1. The predicted octanol–water partition coefficient (Wildman–Crippen LogP) is 3.70. The molecular formula is C15H20N2OS. The van der Waals surface area contributed by atoms with Gasteiger partial charge in [-0.25, -0.2) is 4.98 Å². The third-order valence-corrected chi connectivity index (χ3v) is 3.81. The highest BCUT2D eigenvalue weighted by Crippen LogP contribution is 2.27. The van der Waals surface area contributed by atoms with Gasteiger partial charge in [0.2, 0.25) is 0 Å². The van der Waals surface area contributed by atoms with Gasteiger partial charge in [0, 0.05) is 11.6 Å². The Morgan fingerprint density at radius 3 is 2.68 bits per heavy atom. The fraction of sp³-hybridized carbons (Fsp3) is 0.400. The Bertz CT molecular complexity index is 467. The molecular weight excluding hydrogens is 256 g/mol. The number of hydrogen-bond donors (Lipinski definition) is 1. The number of benzene rings is 1. The van der Waals surface area contributed by atoms with Crippen molar-refractivity contribution in [3.63, 3.8) is 0 Å². The highest BCUT2D eigenvalue weighted by atomic mass is 32.1. The molecule has 1 heterocycles.